The molecular weight excluding hydrogens is 420 g/mol. The highest BCUT2D eigenvalue weighted by Crippen LogP contribution is 2.42. The number of carbonyl (C=O) groups is 2. The molecule has 0 radical (unpaired) electrons. The Morgan fingerprint density at radius 2 is 1.91 bits per heavy atom. The molecule has 1 fully saturated rings. The molecule has 0 atom stereocenters. The number of para-hydroxylation sites is 2. The Hall–Kier alpha value is -4.27. The molecule has 2 aromatic carbocycles. The molecule has 2 heterocycles. The van der Waals surface area contributed by atoms with Crippen molar-refractivity contribution in [1.82, 2.24) is 25.1 Å². The van der Waals surface area contributed by atoms with Crippen molar-refractivity contribution in [2.75, 3.05) is 11.9 Å². The second-order valence-corrected chi connectivity index (χ2v) is 7.91. The fourth-order valence-electron chi connectivity index (χ4n) is 3.67. The van der Waals surface area contributed by atoms with E-state index in [2.05, 4.69) is 25.7 Å². The van der Waals surface area contributed by atoms with Gasteiger partial charge >= 0.3 is 6.03 Å². The topological polar surface area (TPSA) is 122 Å². The van der Waals surface area contributed by atoms with E-state index in [0.29, 0.717) is 34.5 Å². The van der Waals surface area contributed by atoms with E-state index in [-0.39, 0.29) is 23.4 Å². The number of aromatic hydroxyl groups is 1. The first kappa shape index (κ1) is 20.6. The van der Waals surface area contributed by atoms with Gasteiger partial charge in [0.1, 0.15) is 11.4 Å². The van der Waals surface area contributed by atoms with Gasteiger partial charge in [0.05, 0.1) is 28.6 Å². The van der Waals surface area contributed by atoms with Crippen LogP contribution in [-0.2, 0) is 0 Å². The van der Waals surface area contributed by atoms with Gasteiger partial charge in [-0.25, -0.2) is 9.78 Å². The second-order valence-electron chi connectivity index (χ2n) is 7.91. The summed E-state index contributed by atoms with van der Waals surface area (Å²) in [6.07, 6.45) is 3.42. The standard InChI is InChI=1S/C24H22N6O3/c1-2-25-24(33)30-21(14-7-8-14)12-19(29-30)16-11-15(9-10-22(16)31)27-23(32)20-13-26-17-5-3-4-6-18(17)28-20/h3-6,9-14,31H,2,7-8H2,1H3,(H,25,33)(H,27,32). The minimum absolute atomic E-state index is 0.00129. The molecule has 0 unspecified atom stereocenters. The van der Waals surface area contributed by atoms with Crippen molar-refractivity contribution in [2.45, 2.75) is 25.7 Å². The maximum absolute atomic E-state index is 12.8. The molecule has 166 valence electrons. The summed E-state index contributed by atoms with van der Waals surface area (Å²) >= 11 is 0. The first-order chi connectivity index (χ1) is 16.0. The van der Waals surface area contributed by atoms with E-state index >= 15 is 0 Å². The zero-order valence-electron chi connectivity index (χ0n) is 17.9. The number of hydrogen-bond acceptors (Lipinski definition) is 6. The van der Waals surface area contributed by atoms with Crippen LogP contribution >= 0.6 is 0 Å². The minimum atomic E-state index is -0.420. The Labute approximate surface area is 189 Å². The number of carbonyl (C=O) groups excluding carboxylic acids is 2. The largest absolute Gasteiger partial charge is 0.507 e. The first-order valence-electron chi connectivity index (χ1n) is 10.8. The lowest BCUT2D eigenvalue weighted by Gasteiger charge is -2.08. The fraction of sp³-hybridized carbons (Fsp3) is 0.208. The average molecular weight is 442 g/mol. The number of phenols is 1. The molecule has 5 rings (SSSR count). The SMILES string of the molecule is CCNC(=O)n1nc(-c2cc(NC(=O)c3cnc4ccccc4n3)ccc2O)cc1C1CC1. The zero-order chi connectivity index (χ0) is 22.9. The van der Waals surface area contributed by atoms with Crippen LogP contribution in [0.3, 0.4) is 0 Å². The normalized spacial score (nSPS) is 13.1. The van der Waals surface area contributed by atoms with E-state index in [1.54, 1.807) is 18.2 Å². The van der Waals surface area contributed by atoms with Crippen LogP contribution in [0.15, 0.2) is 54.7 Å². The summed E-state index contributed by atoms with van der Waals surface area (Å²) in [5.74, 6) is -0.136. The Morgan fingerprint density at radius 3 is 2.67 bits per heavy atom. The molecule has 1 saturated carbocycles. The highest BCUT2D eigenvalue weighted by Gasteiger charge is 2.30. The van der Waals surface area contributed by atoms with Crippen molar-refractivity contribution in [3.8, 4) is 17.0 Å². The van der Waals surface area contributed by atoms with Crippen LogP contribution in [0.1, 0.15) is 41.9 Å². The summed E-state index contributed by atoms with van der Waals surface area (Å²) in [7, 11) is 0. The number of nitrogens with one attached hydrogen (secondary N) is 2. The molecule has 9 heteroatoms. The number of hydrogen-bond donors (Lipinski definition) is 3. The highest BCUT2D eigenvalue weighted by molar-refractivity contribution is 6.04. The van der Waals surface area contributed by atoms with Gasteiger partial charge in [-0.3, -0.25) is 9.78 Å². The number of nitrogens with zero attached hydrogens (tertiary/aromatic N) is 4. The van der Waals surface area contributed by atoms with Crippen molar-refractivity contribution in [1.29, 1.82) is 0 Å². The molecule has 0 spiro atoms. The Bertz CT molecular complexity index is 1380. The minimum Gasteiger partial charge on any atom is -0.507 e. The van der Waals surface area contributed by atoms with Crippen LogP contribution < -0.4 is 10.6 Å². The van der Waals surface area contributed by atoms with Crippen LogP contribution in [0.2, 0.25) is 0 Å². The fourth-order valence-corrected chi connectivity index (χ4v) is 3.67. The molecule has 0 saturated heterocycles. The van der Waals surface area contributed by atoms with Gasteiger partial charge < -0.3 is 15.7 Å². The van der Waals surface area contributed by atoms with Crippen molar-refractivity contribution in [3.63, 3.8) is 0 Å². The monoisotopic (exact) mass is 442 g/mol. The number of fused-ring (bicyclic) bond motifs is 1. The molecule has 2 amide bonds. The maximum Gasteiger partial charge on any atom is 0.342 e. The molecule has 3 N–H and O–H groups in total. The molecule has 2 aromatic heterocycles. The molecular formula is C24H22N6O3. The van der Waals surface area contributed by atoms with Crippen LogP contribution in [-0.4, -0.2) is 43.3 Å². The molecule has 0 bridgehead atoms. The molecule has 0 aliphatic heterocycles. The lowest BCUT2D eigenvalue weighted by atomic mass is 10.1. The van der Waals surface area contributed by atoms with Crippen LogP contribution in [0.5, 0.6) is 5.75 Å². The van der Waals surface area contributed by atoms with E-state index in [0.717, 1.165) is 18.5 Å². The maximum atomic E-state index is 12.8. The predicted molar refractivity (Wildman–Crippen MR) is 123 cm³/mol. The Balaban J connectivity index is 1.44. The third-order valence-corrected chi connectivity index (χ3v) is 5.46. The van der Waals surface area contributed by atoms with Gasteiger partial charge in [0.15, 0.2) is 0 Å². The number of benzene rings is 2. The van der Waals surface area contributed by atoms with E-state index in [4.69, 9.17) is 0 Å². The summed E-state index contributed by atoms with van der Waals surface area (Å²) < 4.78 is 1.37. The van der Waals surface area contributed by atoms with Crippen LogP contribution in [0.4, 0.5) is 10.5 Å². The summed E-state index contributed by atoms with van der Waals surface area (Å²) in [5, 5.41) is 20.5. The smallest absolute Gasteiger partial charge is 0.342 e. The Morgan fingerprint density at radius 1 is 1.12 bits per heavy atom. The molecule has 9 nitrogen and oxygen atoms in total. The van der Waals surface area contributed by atoms with E-state index in [1.807, 2.05) is 31.2 Å². The van der Waals surface area contributed by atoms with Crippen LogP contribution in [0, 0.1) is 0 Å². The molecule has 1 aliphatic rings. The van der Waals surface area contributed by atoms with Gasteiger partial charge in [-0.05, 0) is 56.2 Å². The highest BCUT2D eigenvalue weighted by atomic mass is 16.3. The van der Waals surface area contributed by atoms with Crippen LogP contribution in [0.25, 0.3) is 22.3 Å². The third kappa shape index (κ3) is 4.12. The summed E-state index contributed by atoms with van der Waals surface area (Å²) in [6, 6.07) is 13.5. The van der Waals surface area contributed by atoms with E-state index < -0.39 is 5.91 Å². The van der Waals surface area contributed by atoms with Crippen molar-refractivity contribution in [3.05, 3.63) is 66.1 Å². The summed E-state index contributed by atoms with van der Waals surface area (Å²) in [4.78, 5) is 33.8. The Kier molecular flexibility index (Phi) is 5.21. The van der Waals surface area contributed by atoms with E-state index in [1.165, 1.54) is 16.9 Å². The lowest BCUT2D eigenvalue weighted by molar-refractivity contribution is 0.102. The summed E-state index contributed by atoms with van der Waals surface area (Å²) in [6.45, 7) is 2.33. The lowest BCUT2D eigenvalue weighted by Crippen LogP contribution is -2.30. The van der Waals surface area contributed by atoms with Crippen molar-refractivity contribution < 1.29 is 14.7 Å². The quantitative estimate of drug-likeness (QED) is 0.403. The number of phenolic OH excluding ortho intramolecular Hbond substituents is 1. The van der Waals surface area contributed by atoms with Gasteiger partial charge in [-0.15, -0.1) is 0 Å². The third-order valence-electron chi connectivity index (χ3n) is 5.46. The number of rotatable bonds is 5. The molecule has 1 aliphatic carbocycles. The van der Waals surface area contributed by atoms with Gasteiger partial charge in [0, 0.05) is 23.7 Å². The number of amides is 2. The van der Waals surface area contributed by atoms with Gasteiger partial charge in [-0.1, -0.05) is 12.1 Å². The number of aromatic nitrogens is 4. The van der Waals surface area contributed by atoms with E-state index in [9.17, 15) is 14.7 Å². The van der Waals surface area contributed by atoms with Crippen molar-refractivity contribution >= 4 is 28.7 Å². The summed E-state index contributed by atoms with van der Waals surface area (Å²) in [5.41, 5.74) is 3.67. The van der Waals surface area contributed by atoms with Gasteiger partial charge in [-0.2, -0.15) is 9.78 Å². The number of anilines is 1. The van der Waals surface area contributed by atoms with Gasteiger partial charge in [0.25, 0.3) is 5.91 Å². The second kappa shape index (κ2) is 8.34. The van der Waals surface area contributed by atoms with Crippen molar-refractivity contribution in [2.24, 2.45) is 0 Å². The molecule has 4 aromatic rings. The molecule has 33 heavy (non-hydrogen) atoms. The van der Waals surface area contributed by atoms with Gasteiger partial charge in [0.2, 0.25) is 0 Å². The average Bonchev–Trinajstić information content (AvgIpc) is 3.58. The first-order valence-corrected chi connectivity index (χ1v) is 10.8. The zero-order valence-corrected chi connectivity index (χ0v) is 17.9. The predicted octanol–water partition coefficient (Wildman–Crippen LogP) is 3.91.